The minimum Gasteiger partial charge on any atom is -0.507 e. The first-order chi connectivity index (χ1) is 16.1. The van der Waals surface area contributed by atoms with Crippen LogP contribution in [0.1, 0.15) is 34.0 Å². The first kappa shape index (κ1) is 23.5. The van der Waals surface area contributed by atoms with E-state index < -0.39 is 0 Å². The number of rotatable bonds is 6. The molecule has 4 rings (SSSR count). The summed E-state index contributed by atoms with van der Waals surface area (Å²) in [6.45, 7) is 1.65. The van der Waals surface area contributed by atoms with Gasteiger partial charge < -0.3 is 9.84 Å². The van der Waals surface area contributed by atoms with Gasteiger partial charge in [0.05, 0.1) is 0 Å². The molecule has 0 aromatic heterocycles. The molecule has 0 aliphatic carbocycles. The zero-order chi connectivity index (χ0) is 23.5. The molecule has 0 unspecified atom stereocenters. The third-order valence-electron chi connectivity index (χ3n) is 5.10. The molecule has 0 saturated carbocycles. The van der Waals surface area contributed by atoms with Crippen LogP contribution in [0.2, 0.25) is 0 Å². The Kier molecular flexibility index (Phi) is 8.55. The second kappa shape index (κ2) is 12.0. The monoisotopic (exact) mass is 438 g/mol. The van der Waals surface area contributed by atoms with Gasteiger partial charge in [0.25, 0.3) is 0 Å². The van der Waals surface area contributed by atoms with Crippen LogP contribution in [0.4, 0.5) is 0 Å². The maximum Gasteiger partial charge on any atom is 0.302 e. The average Bonchev–Trinajstić information content (AvgIpc) is 2.85. The highest BCUT2D eigenvalue weighted by molar-refractivity contribution is 5.77. The van der Waals surface area contributed by atoms with E-state index in [0.717, 1.165) is 34.1 Å². The fourth-order valence-corrected chi connectivity index (χ4v) is 3.40. The zero-order valence-corrected chi connectivity index (χ0v) is 18.5. The van der Waals surface area contributed by atoms with Crippen molar-refractivity contribution in [2.75, 3.05) is 0 Å². The molecular formula is C29H26O4. The van der Waals surface area contributed by atoms with Crippen LogP contribution in [-0.2, 0) is 22.6 Å². The Morgan fingerprint density at radius 2 is 1.33 bits per heavy atom. The smallest absolute Gasteiger partial charge is 0.302 e. The molecule has 166 valence electrons. The summed E-state index contributed by atoms with van der Waals surface area (Å²) in [7, 11) is 0. The molecule has 0 atom stereocenters. The highest BCUT2D eigenvalue weighted by atomic mass is 16.5. The minimum atomic E-state index is -0.298. The SMILES string of the molecule is CC(=O)OCc1ccccc1Cc1ccccc1C=O.Oc1ccccc1-c1ccccc1. The van der Waals surface area contributed by atoms with Gasteiger partial charge in [-0.05, 0) is 34.7 Å². The number of hydrogen-bond acceptors (Lipinski definition) is 4. The maximum atomic E-state index is 11.0. The fraction of sp³-hybridized carbons (Fsp3) is 0.103. The van der Waals surface area contributed by atoms with Crippen molar-refractivity contribution in [1.29, 1.82) is 0 Å². The van der Waals surface area contributed by atoms with Crippen molar-refractivity contribution in [3.8, 4) is 16.9 Å². The van der Waals surface area contributed by atoms with Crippen LogP contribution in [-0.4, -0.2) is 17.4 Å². The van der Waals surface area contributed by atoms with Crippen molar-refractivity contribution in [3.63, 3.8) is 0 Å². The molecule has 33 heavy (non-hydrogen) atoms. The number of aldehydes is 1. The molecule has 0 aliphatic heterocycles. The van der Waals surface area contributed by atoms with Crippen molar-refractivity contribution in [1.82, 2.24) is 0 Å². The van der Waals surface area contributed by atoms with E-state index in [-0.39, 0.29) is 12.6 Å². The van der Waals surface area contributed by atoms with E-state index in [9.17, 15) is 14.7 Å². The Hall–Kier alpha value is -4.18. The van der Waals surface area contributed by atoms with Gasteiger partial charge in [0.15, 0.2) is 0 Å². The van der Waals surface area contributed by atoms with E-state index >= 15 is 0 Å². The third-order valence-corrected chi connectivity index (χ3v) is 5.10. The summed E-state index contributed by atoms with van der Waals surface area (Å²) in [6, 6.07) is 32.5. The van der Waals surface area contributed by atoms with Crippen LogP contribution >= 0.6 is 0 Å². The Bertz CT molecular complexity index is 1200. The van der Waals surface area contributed by atoms with Gasteiger partial charge in [-0.15, -0.1) is 0 Å². The minimum absolute atomic E-state index is 0.259. The third kappa shape index (κ3) is 6.91. The molecule has 0 heterocycles. The Morgan fingerprint density at radius 3 is 2.00 bits per heavy atom. The second-order valence-corrected chi connectivity index (χ2v) is 7.43. The molecule has 0 fully saturated rings. The van der Waals surface area contributed by atoms with E-state index in [1.54, 1.807) is 12.1 Å². The number of benzene rings is 4. The largest absolute Gasteiger partial charge is 0.507 e. The lowest BCUT2D eigenvalue weighted by molar-refractivity contribution is -0.142. The summed E-state index contributed by atoms with van der Waals surface area (Å²) < 4.78 is 5.05. The first-order valence-electron chi connectivity index (χ1n) is 10.6. The number of phenols is 1. The molecule has 4 aromatic rings. The van der Waals surface area contributed by atoms with E-state index in [2.05, 4.69) is 0 Å². The topological polar surface area (TPSA) is 63.6 Å². The number of para-hydroxylation sites is 1. The quantitative estimate of drug-likeness (QED) is 0.287. The van der Waals surface area contributed by atoms with Gasteiger partial charge in [0, 0.05) is 18.1 Å². The normalized spacial score (nSPS) is 9.97. The zero-order valence-electron chi connectivity index (χ0n) is 18.5. The molecule has 0 bridgehead atoms. The van der Waals surface area contributed by atoms with Crippen LogP contribution < -0.4 is 0 Å². The number of phenolic OH excluding ortho intramolecular Hbond substituents is 1. The lowest BCUT2D eigenvalue weighted by Crippen LogP contribution is -2.03. The van der Waals surface area contributed by atoms with Gasteiger partial charge in [0.2, 0.25) is 0 Å². The van der Waals surface area contributed by atoms with Gasteiger partial charge in [-0.3, -0.25) is 9.59 Å². The Balaban J connectivity index is 0.000000203. The first-order valence-corrected chi connectivity index (χ1v) is 10.6. The van der Waals surface area contributed by atoms with Crippen LogP contribution in [0.3, 0.4) is 0 Å². The van der Waals surface area contributed by atoms with Gasteiger partial charge in [0.1, 0.15) is 18.6 Å². The van der Waals surface area contributed by atoms with Crippen molar-refractivity contribution in [2.24, 2.45) is 0 Å². The van der Waals surface area contributed by atoms with Crippen LogP contribution in [0, 0.1) is 0 Å². The summed E-state index contributed by atoms with van der Waals surface area (Å²) in [5.41, 5.74) is 5.60. The van der Waals surface area contributed by atoms with Gasteiger partial charge in [-0.25, -0.2) is 0 Å². The summed E-state index contributed by atoms with van der Waals surface area (Å²) in [6.07, 6.45) is 1.51. The standard InChI is InChI=1S/C17H16O3.C12H10O/c1-13(19)20-12-17-9-5-3-7-15(17)10-14-6-2-4-8-16(14)11-18;13-12-9-5-4-8-11(12)10-6-2-1-3-7-10/h2-9,11H,10,12H2,1H3;1-9,13H. The molecule has 0 spiro atoms. The molecule has 1 N–H and O–H groups in total. The van der Waals surface area contributed by atoms with Crippen molar-refractivity contribution >= 4 is 12.3 Å². The molecule has 0 saturated heterocycles. The summed E-state index contributed by atoms with van der Waals surface area (Å²) in [5.74, 6) is 0.0294. The lowest BCUT2D eigenvalue weighted by atomic mass is 9.97. The Morgan fingerprint density at radius 1 is 0.758 bits per heavy atom. The highest BCUT2D eigenvalue weighted by Crippen LogP contribution is 2.27. The van der Waals surface area contributed by atoms with Crippen molar-refractivity contribution in [2.45, 2.75) is 20.0 Å². The predicted octanol–water partition coefficient (Wildman–Crippen LogP) is 6.21. The van der Waals surface area contributed by atoms with E-state index in [4.69, 9.17) is 4.74 Å². The number of aromatic hydroxyl groups is 1. The van der Waals surface area contributed by atoms with Gasteiger partial charge >= 0.3 is 5.97 Å². The second-order valence-electron chi connectivity index (χ2n) is 7.43. The summed E-state index contributed by atoms with van der Waals surface area (Å²) in [4.78, 5) is 22.0. The van der Waals surface area contributed by atoms with E-state index in [0.29, 0.717) is 17.7 Å². The van der Waals surface area contributed by atoms with Crippen LogP contribution in [0.25, 0.3) is 11.1 Å². The average molecular weight is 439 g/mol. The molecular weight excluding hydrogens is 412 g/mol. The van der Waals surface area contributed by atoms with Crippen molar-refractivity contribution in [3.05, 3.63) is 125 Å². The Labute approximate surface area is 194 Å². The molecule has 4 heteroatoms. The molecule has 0 amide bonds. The molecule has 4 aromatic carbocycles. The molecule has 0 radical (unpaired) electrons. The van der Waals surface area contributed by atoms with Crippen molar-refractivity contribution < 1.29 is 19.4 Å². The molecule has 0 aliphatic rings. The number of ether oxygens (including phenoxy) is 1. The summed E-state index contributed by atoms with van der Waals surface area (Å²) in [5, 5.41) is 9.56. The fourth-order valence-electron chi connectivity index (χ4n) is 3.40. The number of carbonyl (C=O) groups is 2. The lowest BCUT2D eigenvalue weighted by Gasteiger charge is -2.10. The van der Waals surface area contributed by atoms with E-state index in [1.165, 1.54) is 6.92 Å². The molecule has 4 nitrogen and oxygen atoms in total. The number of esters is 1. The number of hydrogen-bond donors (Lipinski definition) is 1. The summed E-state index contributed by atoms with van der Waals surface area (Å²) >= 11 is 0. The number of carbonyl (C=O) groups excluding carboxylic acids is 2. The van der Waals surface area contributed by atoms with Crippen LogP contribution in [0.15, 0.2) is 103 Å². The van der Waals surface area contributed by atoms with E-state index in [1.807, 2.05) is 91.0 Å². The highest BCUT2D eigenvalue weighted by Gasteiger charge is 2.07. The van der Waals surface area contributed by atoms with Gasteiger partial charge in [-0.1, -0.05) is 97.1 Å². The maximum absolute atomic E-state index is 11.0. The predicted molar refractivity (Wildman–Crippen MR) is 130 cm³/mol. The van der Waals surface area contributed by atoms with Crippen LogP contribution in [0.5, 0.6) is 5.75 Å². The van der Waals surface area contributed by atoms with Gasteiger partial charge in [-0.2, -0.15) is 0 Å².